The maximum absolute atomic E-state index is 13.1. The van der Waals surface area contributed by atoms with Crippen molar-refractivity contribution in [2.75, 3.05) is 119 Å². The van der Waals surface area contributed by atoms with E-state index in [-0.39, 0.29) is 18.4 Å². The molecule has 0 radical (unpaired) electrons. The molecule has 6 heterocycles. The highest BCUT2D eigenvalue weighted by Gasteiger charge is 2.32. The summed E-state index contributed by atoms with van der Waals surface area (Å²) in [6, 6.07) is 20.4. The van der Waals surface area contributed by atoms with Gasteiger partial charge in [0.25, 0.3) is 0 Å². The number of rotatable bonds is 14. The molecule has 8 rings (SSSR count). The monoisotopic (exact) mass is 863 g/mol. The predicted octanol–water partition coefficient (Wildman–Crippen LogP) is 4.45. The number of aliphatic hydroxyl groups is 1. The van der Waals surface area contributed by atoms with Crippen LogP contribution in [0.4, 0.5) is 0 Å². The van der Waals surface area contributed by atoms with Crippen molar-refractivity contribution in [3.05, 3.63) is 114 Å². The van der Waals surface area contributed by atoms with E-state index in [1.54, 1.807) is 7.11 Å². The number of likely N-dealkylation sites (tertiary alicyclic amines) is 2. The van der Waals surface area contributed by atoms with Crippen molar-refractivity contribution >= 4 is 11.8 Å². The highest BCUT2D eigenvalue weighted by molar-refractivity contribution is 5.79. The van der Waals surface area contributed by atoms with Gasteiger partial charge in [-0.3, -0.25) is 34.2 Å². The number of aliphatic hydroxyl groups excluding tert-OH is 1. The zero-order valence-corrected chi connectivity index (χ0v) is 37.7. The number of amides is 2. The van der Waals surface area contributed by atoms with Crippen molar-refractivity contribution in [2.24, 2.45) is 11.8 Å². The van der Waals surface area contributed by atoms with E-state index in [1.807, 2.05) is 42.7 Å². The number of piperidine rings is 2. The second kappa shape index (κ2) is 23.8. The lowest BCUT2D eigenvalue weighted by Gasteiger charge is -2.38. The van der Waals surface area contributed by atoms with Crippen LogP contribution in [0.2, 0.25) is 0 Å². The number of hydrogen-bond donors (Lipinski definition) is 1. The summed E-state index contributed by atoms with van der Waals surface area (Å²) < 4.78 is 10.8. The molecule has 1 N–H and O–H groups in total. The summed E-state index contributed by atoms with van der Waals surface area (Å²) in [6.07, 6.45) is 14.2. The van der Waals surface area contributed by atoms with Crippen LogP contribution in [0.15, 0.2) is 97.0 Å². The Balaban J connectivity index is 0.000000189. The Morgan fingerprint density at radius 3 is 1.63 bits per heavy atom. The fourth-order valence-electron chi connectivity index (χ4n) is 9.36. The van der Waals surface area contributed by atoms with E-state index in [2.05, 4.69) is 95.0 Å². The zero-order valence-electron chi connectivity index (χ0n) is 37.7. The number of ether oxygens (including phenoxy) is 2. The molecule has 5 aliphatic heterocycles. The molecule has 0 unspecified atom stereocenters. The van der Waals surface area contributed by atoms with Crippen molar-refractivity contribution in [3.8, 4) is 11.5 Å². The number of piperazine rings is 2. The zero-order chi connectivity index (χ0) is 43.8. The molecule has 4 fully saturated rings. The molecule has 0 bridgehead atoms. The first-order valence-electron chi connectivity index (χ1n) is 23.2. The molecule has 63 heavy (non-hydrogen) atoms. The molecule has 0 spiro atoms. The molecule has 2 aromatic carbocycles. The van der Waals surface area contributed by atoms with Crippen molar-refractivity contribution in [3.63, 3.8) is 0 Å². The fraction of sp³-hybridized carbons (Fsp3) is 0.540. The molecular weight excluding hydrogens is 793 g/mol. The summed E-state index contributed by atoms with van der Waals surface area (Å²) in [5.41, 5.74) is 5.14. The third-order valence-corrected chi connectivity index (χ3v) is 13.2. The van der Waals surface area contributed by atoms with Crippen LogP contribution in [-0.4, -0.2) is 175 Å². The first-order chi connectivity index (χ1) is 30.8. The Bertz CT molecular complexity index is 1930. The van der Waals surface area contributed by atoms with Gasteiger partial charge in [0.05, 0.1) is 13.7 Å². The number of hydrogen-bond acceptors (Lipinski definition) is 11. The molecule has 4 saturated heterocycles. The second-order valence-electron chi connectivity index (χ2n) is 17.8. The van der Waals surface area contributed by atoms with Crippen LogP contribution in [-0.2, 0) is 29.2 Å². The molecule has 5 aliphatic rings. The highest BCUT2D eigenvalue weighted by atomic mass is 16.5. The van der Waals surface area contributed by atoms with Crippen molar-refractivity contribution in [1.82, 2.24) is 39.3 Å². The average Bonchev–Trinajstić information content (AvgIpc) is 3.33. The third-order valence-electron chi connectivity index (χ3n) is 13.2. The number of aromatic nitrogens is 1. The van der Waals surface area contributed by atoms with Gasteiger partial charge in [-0.05, 0) is 123 Å². The van der Waals surface area contributed by atoms with E-state index in [4.69, 9.17) is 14.6 Å². The lowest BCUT2D eigenvalue weighted by molar-refractivity contribution is -0.139. The molecular formula is C50H70N8O5. The van der Waals surface area contributed by atoms with Crippen LogP contribution in [0.5, 0.6) is 11.5 Å². The number of carbonyl (C=O) groups is 2. The summed E-state index contributed by atoms with van der Waals surface area (Å²) in [7, 11) is 3.80. The molecule has 340 valence electrons. The Hall–Kier alpha value is -4.79. The van der Waals surface area contributed by atoms with E-state index in [9.17, 15) is 9.59 Å². The first kappa shape index (κ1) is 46.2. The van der Waals surface area contributed by atoms with Gasteiger partial charge in [-0.2, -0.15) is 0 Å². The van der Waals surface area contributed by atoms with Crippen molar-refractivity contribution in [1.29, 1.82) is 0 Å². The van der Waals surface area contributed by atoms with E-state index >= 15 is 0 Å². The maximum Gasteiger partial charge on any atom is 0.225 e. The van der Waals surface area contributed by atoms with E-state index in [0.717, 1.165) is 148 Å². The standard InChI is InChI=1S/C25H34N4O3.C25H36N4O2/c30-16-17-32-24-3-1-2-22(18-24)20-28-12-14-29(15-13-28)25(31)23-6-10-27(11-7-23)19-21-4-8-26-9-5-21;1-26-10-6-21(7-11-26)19-27-12-8-23(9-13-27)25(30)29-16-14-28(15-17-29)20-22-4-3-5-24(18-22)31-2/h1-5,8-9,18,23,30H,6-7,10-17,19-20H2;3-7,10,18,23H,8-9,11-17,19-20H2,1-2H3. The van der Waals surface area contributed by atoms with E-state index in [0.29, 0.717) is 18.4 Å². The summed E-state index contributed by atoms with van der Waals surface area (Å²) in [5.74, 6) is 2.77. The Labute approximate surface area is 375 Å². The van der Waals surface area contributed by atoms with Crippen LogP contribution in [0, 0.1) is 11.8 Å². The Morgan fingerprint density at radius 1 is 0.635 bits per heavy atom. The summed E-state index contributed by atoms with van der Waals surface area (Å²) >= 11 is 0. The van der Waals surface area contributed by atoms with Gasteiger partial charge >= 0.3 is 0 Å². The van der Waals surface area contributed by atoms with Gasteiger partial charge in [0.2, 0.25) is 11.8 Å². The fourth-order valence-corrected chi connectivity index (χ4v) is 9.36. The lowest BCUT2D eigenvalue weighted by atomic mass is 9.94. The molecule has 13 heteroatoms. The number of carbonyl (C=O) groups excluding carboxylic acids is 2. The SMILES string of the molecule is COc1cccc(CN2CCN(C(=O)C3CCN(CC4=CCN(C)C=C4)CC3)CC2)c1.O=C(C1CCN(Cc2ccncc2)CC1)N1CCN(Cc2cccc(OCCO)c2)CC1. The lowest BCUT2D eigenvalue weighted by Crippen LogP contribution is -2.51. The van der Waals surface area contributed by atoms with Crippen molar-refractivity contribution in [2.45, 2.75) is 45.3 Å². The number of nitrogens with zero attached hydrogens (tertiary/aromatic N) is 8. The predicted molar refractivity (Wildman–Crippen MR) is 247 cm³/mol. The number of methoxy groups -OCH3 is 1. The number of benzene rings is 2. The van der Waals surface area contributed by atoms with Crippen LogP contribution in [0.25, 0.3) is 0 Å². The smallest absolute Gasteiger partial charge is 0.225 e. The average molecular weight is 863 g/mol. The van der Waals surface area contributed by atoms with Gasteiger partial charge in [0, 0.05) is 116 Å². The second-order valence-corrected chi connectivity index (χ2v) is 17.8. The topological polar surface area (TPSA) is 108 Å². The first-order valence-corrected chi connectivity index (χ1v) is 23.2. The third kappa shape index (κ3) is 14.1. The van der Waals surface area contributed by atoms with Gasteiger partial charge in [-0.25, -0.2) is 0 Å². The molecule has 0 saturated carbocycles. The largest absolute Gasteiger partial charge is 0.497 e. The normalized spacial score (nSPS) is 19.9. The molecule has 0 atom stereocenters. The minimum absolute atomic E-state index is 0.0178. The van der Waals surface area contributed by atoms with Gasteiger partial charge in [-0.15, -0.1) is 0 Å². The Morgan fingerprint density at radius 2 is 1.13 bits per heavy atom. The number of pyridine rings is 1. The van der Waals surface area contributed by atoms with Gasteiger partial charge in [0.15, 0.2) is 0 Å². The number of likely N-dealkylation sites (N-methyl/N-ethyl adjacent to an activating group) is 1. The van der Waals surface area contributed by atoms with Crippen LogP contribution >= 0.6 is 0 Å². The van der Waals surface area contributed by atoms with Crippen molar-refractivity contribution < 1.29 is 24.2 Å². The Kier molecular flexibility index (Phi) is 17.4. The van der Waals surface area contributed by atoms with E-state index < -0.39 is 0 Å². The van der Waals surface area contributed by atoms with Crippen LogP contribution < -0.4 is 9.47 Å². The minimum Gasteiger partial charge on any atom is -0.497 e. The van der Waals surface area contributed by atoms with Crippen LogP contribution in [0.3, 0.4) is 0 Å². The van der Waals surface area contributed by atoms with Crippen LogP contribution in [0.1, 0.15) is 42.4 Å². The molecule has 1 aromatic heterocycles. The van der Waals surface area contributed by atoms with E-state index in [1.165, 1.54) is 22.3 Å². The quantitative estimate of drug-likeness (QED) is 0.249. The molecule has 3 aromatic rings. The molecule has 13 nitrogen and oxygen atoms in total. The summed E-state index contributed by atoms with van der Waals surface area (Å²) in [5, 5.41) is 8.92. The maximum atomic E-state index is 13.1. The van der Waals surface area contributed by atoms with Gasteiger partial charge in [0.1, 0.15) is 18.1 Å². The molecule has 2 amide bonds. The minimum atomic E-state index is 0.0178. The summed E-state index contributed by atoms with van der Waals surface area (Å²) in [6.45, 7) is 16.0. The van der Waals surface area contributed by atoms with Gasteiger partial charge < -0.3 is 29.3 Å². The summed E-state index contributed by atoms with van der Waals surface area (Å²) in [4.78, 5) is 46.4. The highest BCUT2D eigenvalue weighted by Crippen LogP contribution is 2.25. The molecule has 0 aliphatic carbocycles. The van der Waals surface area contributed by atoms with Gasteiger partial charge in [-0.1, -0.05) is 30.3 Å².